The van der Waals surface area contributed by atoms with Gasteiger partial charge in [0, 0.05) is 30.8 Å². The molecule has 0 atom stereocenters. The molecule has 1 aromatic carbocycles. The number of carbonyl (C=O) groups is 3. The Bertz CT molecular complexity index is 576. The minimum atomic E-state index is -1.11. The molecule has 5 nitrogen and oxygen atoms in total. The third kappa shape index (κ3) is 3.78. The predicted molar refractivity (Wildman–Crippen MR) is 78.1 cm³/mol. The molecule has 1 N–H and O–H groups in total. The van der Waals surface area contributed by atoms with Crippen LogP contribution in [-0.4, -0.2) is 24.5 Å². The summed E-state index contributed by atoms with van der Waals surface area (Å²) in [5.74, 6) is -1.43. The average Bonchev–Trinajstić information content (AvgIpc) is 2.47. The van der Waals surface area contributed by atoms with Crippen molar-refractivity contribution in [2.45, 2.75) is 19.3 Å². The van der Waals surface area contributed by atoms with Gasteiger partial charge >= 0.3 is 0 Å². The summed E-state index contributed by atoms with van der Waals surface area (Å²) in [6.07, 6.45) is 3.84. The van der Waals surface area contributed by atoms with E-state index in [2.05, 4.69) is 5.32 Å². The number of carbonyl (C=O) groups excluding carboxylic acids is 3. The van der Waals surface area contributed by atoms with Gasteiger partial charge in [0.25, 0.3) is 0 Å². The van der Waals surface area contributed by atoms with Gasteiger partial charge in [-0.3, -0.25) is 14.4 Å². The number of anilines is 1. The van der Waals surface area contributed by atoms with Crippen molar-refractivity contribution in [3.8, 4) is 5.75 Å². The highest BCUT2D eigenvalue weighted by molar-refractivity contribution is 6.23. The summed E-state index contributed by atoms with van der Waals surface area (Å²) in [7, 11) is 1.57. The Kier molecular flexibility index (Phi) is 4.87. The zero-order valence-corrected chi connectivity index (χ0v) is 11.8. The highest BCUT2D eigenvalue weighted by Crippen LogP contribution is 2.19. The lowest BCUT2D eigenvalue weighted by Crippen LogP contribution is -2.34. The largest absolute Gasteiger partial charge is 0.497 e. The van der Waals surface area contributed by atoms with Crippen LogP contribution in [0.3, 0.4) is 0 Å². The van der Waals surface area contributed by atoms with Crippen LogP contribution in [0.15, 0.2) is 36.5 Å². The first-order valence-electron chi connectivity index (χ1n) is 6.78. The molecule has 0 spiro atoms. The maximum atomic E-state index is 11.9. The van der Waals surface area contributed by atoms with Gasteiger partial charge in [-0.25, -0.2) is 0 Å². The summed E-state index contributed by atoms with van der Waals surface area (Å²) >= 11 is 0. The Labute approximate surface area is 123 Å². The van der Waals surface area contributed by atoms with Gasteiger partial charge in [-0.15, -0.1) is 0 Å². The van der Waals surface area contributed by atoms with Crippen molar-refractivity contribution < 1.29 is 19.1 Å². The number of benzene rings is 1. The molecule has 1 aliphatic rings. The van der Waals surface area contributed by atoms with Crippen LogP contribution in [0.1, 0.15) is 19.3 Å². The molecule has 0 bridgehead atoms. The molecule has 1 fully saturated rings. The lowest BCUT2D eigenvalue weighted by atomic mass is 9.84. The number of nitrogens with one attached hydrogen (secondary N) is 1. The maximum absolute atomic E-state index is 11.9. The van der Waals surface area contributed by atoms with E-state index >= 15 is 0 Å². The molecule has 0 amide bonds. The summed E-state index contributed by atoms with van der Waals surface area (Å²) in [6, 6.07) is 7.20. The van der Waals surface area contributed by atoms with Crippen LogP contribution in [0.4, 0.5) is 5.69 Å². The van der Waals surface area contributed by atoms with Gasteiger partial charge < -0.3 is 10.1 Å². The molecule has 110 valence electrons. The number of ether oxygens (including phenoxy) is 1. The van der Waals surface area contributed by atoms with Gasteiger partial charge in [-0.2, -0.15) is 0 Å². The van der Waals surface area contributed by atoms with Crippen molar-refractivity contribution in [1.29, 1.82) is 0 Å². The van der Waals surface area contributed by atoms with E-state index < -0.39 is 11.7 Å². The third-order valence-electron chi connectivity index (χ3n) is 3.34. The first-order chi connectivity index (χ1) is 10.1. The maximum Gasteiger partial charge on any atom is 0.175 e. The highest BCUT2D eigenvalue weighted by Gasteiger charge is 2.34. The molecule has 1 saturated carbocycles. The smallest absolute Gasteiger partial charge is 0.175 e. The highest BCUT2D eigenvalue weighted by atomic mass is 16.5. The van der Waals surface area contributed by atoms with Crippen LogP contribution in [-0.2, 0) is 14.4 Å². The number of methoxy groups -OCH3 is 1. The van der Waals surface area contributed by atoms with E-state index in [1.807, 2.05) is 12.1 Å². The third-order valence-corrected chi connectivity index (χ3v) is 3.34. The van der Waals surface area contributed by atoms with Crippen LogP contribution >= 0.6 is 0 Å². The Morgan fingerprint density at radius 1 is 1.29 bits per heavy atom. The van der Waals surface area contributed by atoms with Crippen molar-refractivity contribution in [2.24, 2.45) is 5.92 Å². The second kappa shape index (κ2) is 6.83. The Morgan fingerprint density at radius 2 is 2.00 bits per heavy atom. The van der Waals surface area contributed by atoms with Crippen LogP contribution in [0.5, 0.6) is 5.75 Å². The quantitative estimate of drug-likeness (QED) is 0.663. The topological polar surface area (TPSA) is 72.5 Å². The molecule has 0 aromatic heterocycles. The molecule has 0 saturated heterocycles. The monoisotopic (exact) mass is 287 g/mol. The first kappa shape index (κ1) is 15.0. The number of Topliss-reactive ketones (excluding diaryl/α,β-unsaturated/α-hetero) is 2. The Balaban J connectivity index is 1.98. The van der Waals surface area contributed by atoms with E-state index in [4.69, 9.17) is 4.74 Å². The predicted octanol–water partition coefficient (Wildman–Crippen LogP) is 2.13. The Morgan fingerprint density at radius 3 is 2.67 bits per heavy atom. The van der Waals surface area contributed by atoms with Crippen LogP contribution in [0.25, 0.3) is 0 Å². The average molecular weight is 287 g/mol. The van der Waals surface area contributed by atoms with E-state index in [-0.39, 0.29) is 11.6 Å². The zero-order chi connectivity index (χ0) is 15.2. The number of hydrogen-bond donors (Lipinski definition) is 1. The van der Waals surface area contributed by atoms with Crippen molar-refractivity contribution >= 4 is 23.0 Å². The fraction of sp³-hybridized carbons (Fsp3) is 0.312. The van der Waals surface area contributed by atoms with Gasteiger partial charge in [0.05, 0.1) is 7.11 Å². The standard InChI is InChI=1S/C16H17NO4/c1-21-12-5-2-4-11(10-12)17-9-8-15(20)16-13(18)6-3-7-14(16)19/h2,4-5,8-10,16-17H,3,6-7H2,1H3. The Hall–Kier alpha value is -2.43. The van der Waals surface area contributed by atoms with E-state index in [1.165, 1.54) is 12.3 Å². The molecule has 1 aliphatic carbocycles. The van der Waals surface area contributed by atoms with E-state index in [9.17, 15) is 14.4 Å². The van der Waals surface area contributed by atoms with Gasteiger partial charge in [-0.1, -0.05) is 6.07 Å². The number of hydrogen-bond acceptors (Lipinski definition) is 5. The first-order valence-corrected chi connectivity index (χ1v) is 6.78. The van der Waals surface area contributed by atoms with Crippen molar-refractivity contribution in [3.05, 3.63) is 36.5 Å². The lowest BCUT2D eigenvalue weighted by Gasteiger charge is -2.16. The van der Waals surface area contributed by atoms with Gasteiger partial charge in [-0.05, 0) is 24.6 Å². The minimum absolute atomic E-state index is 0.276. The molecule has 0 radical (unpaired) electrons. The summed E-state index contributed by atoms with van der Waals surface area (Å²) in [5, 5.41) is 2.92. The van der Waals surface area contributed by atoms with Gasteiger partial charge in [0.1, 0.15) is 11.7 Å². The molecule has 0 aliphatic heterocycles. The number of allylic oxidation sites excluding steroid dienone is 1. The minimum Gasteiger partial charge on any atom is -0.497 e. The lowest BCUT2D eigenvalue weighted by molar-refractivity contribution is -0.140. The van der Waals surface area contributed by atoms with Gasteiger partial charge in [0.2, 0.25) is 0 Å². The molecule has 21 heavy (non-hydrogen) atoms. The zero-order valence-electron chi connectivity index (χ0n) is 11.8. The van der Waals surface area contributed by atoms with E-state index in [1.54, 1.807) is 19.2 Å². The second-order valence-corrected chi connectivity index (χ2v) is 4.83. The van der Waals surface area contributed by atoms with Crippen molar-refractivity contribution in [3.63, 3.8) is 0 Å². The van der Waals surface area contributed by atoms with Crippen LogP contribution < -0.4 is 10.1 Å². The molecule has 5 heteroatoms. The van der Waals surface area contributed by atoms with Crippen molar-refractivity contribution in [1.82, 2.24) is 0 Å². The van der Waals surface area contributed by atoms with E-state index in [0.29, 0.717) is 25.0 Å². The molecule has 0 heterocycles. The molecular weight excluding hydrogens is 270 g/mol. The SMILES string of the molecule is COc1cccc(NC=CC(=O)C2C(=O)CCCC2=O)c1. The van der Waals surface area contributed by atoms with Crippen molar-refractivity contribution in [2.75, 3.05) is 12.4 Å². The molecular formula is C16H17NO4. The molecule has 0 unspecified atom stereocenters. The molecule has 2 rings (SSSR count). The number of rotatable bonds is 5. The number of ketones is 3. The summed E-state index contributed by atoms with van der Waals surface area (Å²) < 4.78 is 5.09. The van der Waals surface area contributed by atoms with Gasteiger partial charge in [0.15, 0.2) is 17.3 Å². The summed E-state index contributed by atoms with van der Waals surface area (Å²) in [4.78, 5) is 35.2. The summed E-state index contributed by atoms with van der Waals surface area (Å²) in [6.45, 7) is 0. The molecule has 1 aromatic rings. The summed E-state index contributed by atoms with van der Waals surface area (Å²) in [5.41, 5.74) is 0.750. The fourth-order valence-electron chi connectivity index (χ4n) is 2.25. The van der Waals surface area contributed by atoms with E-state index in [0.717, 1.165) is 5.69 Å². The van der Waals surface area contributed by atoms with Crippen LogP contribution in [0, 0.1) is 5.92 Å². The normalized spacial score (nSPS) is 16.2. The second-order valence-electron chi connectivity index (χ2n) is 4.83. The fourth-order valence-corrected chi connectivity index (χ4v) is 2.25. The van der Waals surface area contributed by atoms with Crippen LogP contribution in [0.2, 0.25) is 0 Å².